The first-order valence-corrected chi connectivity index (χ1v) is 11.5. The van der Waals surface area contributed by atoms with Gasteiger partial charge in [-0.15, -0.1) is 0 Å². The maximum Gasteiger partial charge on any atom is 0.416 e. The Labute approximate surface area is 199 Å². The molecule has 4 rings (SSSR count). The Morgan fingerprint density at radius 1 is 1.03 bits per heavy atom. The van der Waals surface area contributed by atoms with E-state index >= 15 is 0 Å². The van der Waals surface area contributed by atoms with Gasteiger partial charge in [0.2, 0.25) is 5.91 Å². The van der Waals surface area contributed by atoms with E-state index in [0.29, 0.717) is 19.1 Å². The molecule has 3 N–H and O–H groups in total. The molecule has 2 fully saturated rings. The smallest absolute Gasteiger partial charge is 0.416 e. The summed E-state index contributed by atoms with van der Waals surface area (Å²) in [6.07, 6.45) is 0.627. The zero-order chi connectivity index (χ0) is 25.2. The second-order valence-electron chi connectivity index (χ2n) is 9.07. The van der Waals surface area contributed by atoms with Gasteiger partial charge in [-0.25, -0.2) is 0 Å². The van der Waals surface area contributed by atoms with Crippen LogP contribution in [0, 0.1) is 0 Å². The fourth-order valence-corrected chi connectivity index (χ4v) is 4.76. The van der Waals surface area contributed by atoms with E-state index in [1.807, 2.05) is 0 Å². The summed E-state index contributed by atoms with van der Waals surface area (Å²) in [5.41, 5.74) is -1.29. The summed E-state index contributed by atoms with van der Waals surface area (Å²) in [5, 5.41) is 14.6. The number of aromatic hydroxyl groups is 1. The van der Waals surface area contributed by atoms with Crippen molar-refractivity contribution in [2.75, 3.05) is 19.6 Å². The number of nitrogens with one attached hydrogen (secondary N) is 2. The predicted molar refractivity (Wildman–Crippen MR) is 121 cm³/mol. The van der Waals surface area contributed by atoms with E-state index < -0.39 is 23.6 Å². The third-order valence-corrected chi connectivity index (χ3v) is 6.64. The van der Waals surface area contributed by atoms with Crippen molar-refractivity contribution in [3.63, 3.8) is 0 Å². The van der Waals surface area contributed by atoms with Crippen molar-refractivity contribution in [3.05, 3.63) is 64.1 Å². The molecule has 1 aliphatic heterocycles. The quantitative estimate of drug-likeness (QED) is 0.574. The molecule has 0 spiro atoms. The Hall–Kier alpha value is -3.34. The summed E-state index contributed by atoms with van der Waals surface area (Å²) in [7, 11) is 0. The molecule has 2 aliphatic rings. The molecule has 1 aromatic carbocycles. The number of benzene rings is 1. The normalized spacial score (nSPS) is 21.2. The minimum absolute atomic E-state index is 0.0381. The van der Waals surface area contributed by atoms with E-state index in [0.717, 1.165) is 43.9 Å². The third-order valence-electron chi connectivity index (χ3n) is 6.64. The highest BCUT2D eigenvalue weighted by Gasteiger charge is 2.35. The Morgan fingerprint density at radius 3 is 2.37 bits per heavy atom. The summed E-state index contributed by atoms with van der Waals surface area (Å²) in [4.78, 5) is 38.7. The minimum atomic E-state index is -4.55. The molecule has 0 atom stereocenters. The molecule has 0 radical (unpaired) electrons. The highest BCUT2D eigenvalue weighted by Crippen LogP contribution is 2.32. The first-order chi connectivity index (χ1) is 16.6. The average Bonchev–Trinajstić information content (AvgIpc) is 2.79. The number of nitrogens with zero attached hydrogens (tertiary/aromatic N) is 2. The van der Waals surface area contributed by atoms with Gasteiger partial charge >= 0.3 is 6.18 Å². The maximum atomic E-state index is 12.8. The number of amides is 2. The largest absolute Gasteiger partial charge is 0.508 e. The zero-order valence-corrected chi connectivity index (χ0v) is 18.9. The van der Waals surface area contributed by atoms with Crippen LogP contribution in [0.3, 0.4) is 0 Å². The van der Waals surface area contributed by atoms with Gasteiger partial charge in [0, 0.05) is 43.0 Å². The first kappa shape index (κ1) is 24.8. The number of aromatic nitrogens is 1. The van der Waals surface area contributed by atoms with Crippen molar-refractivity contribution in [1.82, 2.24) is 20.1 Å². The maximum absolute atomic E-state index is 12.8. The predicted octanol–water partition coefficient (Wildman–Crippen LogP) is 2.29. The standard InChI is InChI=1S/C24H27F3N4O4/c25-24(26,27)16-3-1-2-15(10-16)23(35)28-12-21(33)29-17-13-30(14-17)18-4-6-19(7-5-18)31-9-8-20(32)11-22(31)34/h1-3,8-11,17-19,32H,4-7,12-14H2,(H,28,35)(H,29,33). The van der Waals surface area contributed by atoms with Crippen molar-refractivity contribution in [2.45, 2.75) is 50.0 Å². The topological polar surface area (TPSA) is 104 Å². The fraction of sp³-hybridized carbons (Fsp3) is 0.458. The van der Waals surface area contributed by atoms with Crippen molar-refractivity contribution in [1.29, 1.82) is 0 Å². The lowest BCUT2D eigenvalue weighted by Crippen LogP contribution is -2.63. The lowest BCUT2D eigenvalue weighted by Gasteiger charge is -2.46. The van der Waals surface area contributed by atoms with Crippen LogP contribution in [-0.4, -0.2) is 58.1 Å². The van der Waals surface area contributed by atoms with Gasteiger partial charge < -0.3 is 20.3 Å². The number of alkyl halides is 3. The molecule has 1 saturated heterocycles. The van der Waals surface area contributed by atoms with Crippen LogP contribution in [0.1, 0.15) is 47.6 Å². The van der Waals surface area contributed by atoms with Crippen molar-refractivity contribution < 1.29 is 27.9 Å². The van der Waals surface area contributed by atoms with E-state index in [1.54, 1.807) is 10.8 Å². The van der Waals surface area contributed by atoms with E-state index in [2.05, 4.69) is 15.5 Å². The summed E-state index contributed by atoms with van der Waals surface area (Å²) >= 11 is 0. The second-order valence-corrected chi connectivity index (χ2v) is 9.07. The molecule has 0 bridgehead atoms. The summed E-state index contributed by atoms with van der Waals surface area (Å²) in [6.45, 7) is 1.04. The molecule has 1 aromatic heterocycles. The second kappa shape index (κ2) is 10.1. The minimum Gasteiger partial charge on any atom is -0.508 e. The fourth-order valence-electron chi connectivity index (χ4n) is 4.76. The van der Waals surface area contributed by atoms with Gasteiger partial charge in [-0.3, -0.25) is 19.3 Å². The van der Waals surface area contributed by atoms with Crippen LogP contribution in [0.15, 0.2) is 47.4 Å². The molecule has 11 heteroatoms. The number of rotatable bonds is 6. The van der Waals surface area contributed by atoms with Crippen LogP contribution < -0.4 is 16.2 Å². The molecule has 188 valence electrons. The Morgan fingerprint density at radius 2 is 1.71 bits per heavy atom. The number of likely N-dealkylation sites (tertiary alicyclic amines) is 1. The number of carbonyl (C=O) groups is 2. The molecule has 35 heavy (non-hydrogen) atoms. The van der Waals surface area contributed by atoms with Gasteiger partial charge in [0.25, 0.3) is 11.5 Å². The van der Waals surface area contributed by atoms with Crippen LogP contribution in [-0.2, 0) is 11.0 Å². The molecule has 2 heterocycles. The van der Waals surface area contributed by atoms with Gasteiger partial charge in [0.15, 0.2) is 0 Å². The Balaban J connectivity index is 1.17. The van der Waals surface area contributed by atoms with Crippen molar-refractivity contribution >= 4 is 11.8 Å². The Kier molecular flexibility index (Phi) is 7.15. The van der Waals surface area contributed by atoms with Gasteiger partial charge in [-0.2, -0.15) is 13.2 Å². The molecular formula is C24H27F3N4O4. The Bertz CT molecular complexity index is 1140. The van der Waals surface area contributed by atoms with Crippen LogP contribution in [0.5, 0.6) is 5.75 Å². The molecule has 1 saturated carbocycles. The van der Waals surface area contributed by atoms with E-state index in [4.69, 9.17) is 0 Å². The molecule has 0 unspecified atom stereocenters. The van der Waals surface area contributed by atoms with Crippen LogP contribution in [0.2, 0.25) is 0 Å². The summed E-state index contributed by atoms with van der Waals surface area (Å²) in [5.74, 6) is -1.18. The molecule has 2 aromatic rings. The number of halogens is 3. The first-order valence-electron chi connectivity index (χ1n) is 11.5. The van der Waals surface area contributed by atoms with Crippen LogP contribution in [0.4, 0.5) is 13.2 Å². The SMILES string of the molecule is O=C(CNC(=O)c1cccc(C(F)(F)F)c1)NC1CN(C2CCC(n3ccc(O)cc3=O)CC2)C1. The van der Waals surface area contributed by atoms with E-state index in [-0.39, 0.29) is 35.5 Å². The highest BCUT2D eigenvalue weighted by molar-refractivity contribution is 5.96. The van der Waals surface area contributed by atoms with E-state index in [1.165, 1.54) is 18.2 Å². The van der Waals surface area contributed by atoms with Gasteiger partial charge in [0.05, 0.1) is 18.2 Å². The van der Waals surface area contributed by atoms with Crippen LogP contribution >= 0.6 is 0 Å². The van der Waals surface area contributed by atoms with Gasteiger partial charge in [0.1, 0.15) is 5.75 Å². The number of carbonyl (C=O) groups excluding carboxylic acids is 2. The van der Waals surface area contributed by atoms with Crippen molar-refractivity contribution in [3.8, 4) is 5.75 Å². The lowest BCUT2D eigenvalue weighted by atomic mass is 9.88. The molecule has 2 amide bonds. The molecular weight excluding hydrogens is 465 g/mol. The summed E-state index contributed by atoms with van der Waals surface area (Å²) < 4.78 is 40.1. The van der Waals surface area contributed by atoms with Crippen molar-refractivity contribution in [2.24, 2.45) is 0 Å². The number of pyridine rings is 1. The molecule has 1 aliphatic carbocycles. The third kappa shape index (κ3) is 6.02. The van der Waals surface area contributed by atoms with Crippen LogP contribution in [0.25, 0.3) is 0 Å². The molecule has 8 nitrogen and oxygen atoms in total. The van der Waals surface area contributed by atoms with Gasteiger partial charge in [-0.05, 0) is 49.9 Å². The lowest BCUT2D eigenvalue weighted by molar-refractivity contribution is -0.137. The highest BCUT2D eigenvalue weighted by atomic mass is 19.4. The summed E-state index contributed by atoms with van der Waals surface area (Å²) in [6, 6.07) is 7.20. The van der Waals surface area contributed by atoms with Gasteiger partial charge in [-0.1, -0.05) is 6.07 Å². The zero-order valence-electron chi connectivity index (χ0n) is 18.9. The van der Waals surface area contributed by atoms with E-state index in [9.17, 15) is 32.7 Å². The monoisotopic (exact) mass is 492 g/mol. The number of hydrogen-bond acceptors (Lipinski definition) is 5. The average molecular weight is 492 g/mol. The number of hydrogen-bond donors (Lipinski definition) is 3.